The van der Waals surface area contributed by atoms with Crippen LogP contribution in [0.15, 0.2) is 60.7 Å². The third-order valence-corrected chi connectivity index (χ3v) is 7.19. The Balaban J connectivity index is 1.85. The normalized spacial score (nSPS) is 15.9. The summed E-state index contributed by atoms with van der Waals surface area (Å²) in [7, 11) is 1.64. The van der Waals surface area contributed by atoms with Gasteiger partial charge in [-0.3, -0.25) is 4.79 Å². The van der Waals surface area contributed by atoms with E-state index >= 15 is 0 Å². The number of nitrogens with zero attached hydrogens (tertiary/aromatic N) is 2. The fourth-order valence-electron chi connectivity index (χ4n) is 4.79. The molecule has 0 saturated carbocycles. The predicted octanol–water partition coefficient (Wildman–Crippen LogP) is 7.05. The first kappa shape index (κ1) is 25.9. The number of hydrogen-bond donors (Lipinski definition) is 0. The van der Waals surface area contributed by atoms with Crippen LogP contribution in [0.4, 0.5) is 11.4 Å². The molecule has 190 valence electrons. The van der Waals surface area contributed by atoms with Gasteiger partial charge in [-0.25, -0.2) is 0 Å². The molecule has 0 aliphatic carbocycles. The number of ether oxygens (including phenoxy) is 2. The molecule has 3 aromatic carbocycles. The number of benzene rings is 3. The van der Waals surface area contributed by atoms with Gasteiger partial charge in [0.1, 0.15) is 0 Å². The summed E-state index contributed by atoms with van der Waals surface area (Å²) in [5, 5.41) is 0.659. The van der Waals surface area contributed by atoms with Crippen molar-refractivity contribution in [2.75, 3.05) is 30.0 Å². The van der Waals surface area contributed by atoms with Crippen molar-refractivity contribution in [1.82, 2.24) is 0 Å². The van der Waals surface area contributed by atoms with Crippen LogP contribution >= 0.6 is 11.6 Å². The maximum atomic E-state index is 13.7. The van der Waals surface area contributed by atoms with Crippen LogP contribution in [0.3, 0.4) is 0 Å². The molecule has 1 aliphatic rings. The van der Waals surface area contributed by atoms with Crippen LogP contribution in [0.1, 0.15) is 56.8 Å². The standard InChI is InChI=1S/C30H35ClN2O3/c1-6-20(4)36-28-19-26-22(17-27(28)35-5)18-29(34)33(30(26)21-9-11-23(31)12-10-21)25-15-13-24(14-16-25)32(7-2)8-3/h9-17,19-20,30H,6-8,18H2,1-5H3. The molecule has 36 heavy (non-hydrogen) atoms. The van der Waals surface area contributed by atoms with Crippen LogP contribution in [0.25, 0.3) is 0 Å². The van der Waals surface area contributed by atoms with E-state index in [1.165, 1.54) is 0 Å². The average Bonchev–Trinajstić information content (AvgIpc) is 2.89. The molecule has 1 heterocycles. The largest absolute Gasteiger partial charge is 0.493 e. The molecule has 5 nitrogen and oxygen atoms in total. The smallest absolute Gasteiger partial charge is 0.232 e. The third kappa shape index (κ3) is 5.17. The number of rotatable bonds is 9. The summed E-state index contributed by atoms with van der Waals surface area (Å²) < 4.78 is 11.9. The average molecular weight is 507 g/mol. The van der Waals surface area contributed by atoms with Gasteiger partial charge < -0.3 is 19.3 Å². The molecule has 1 aliphatic heterocycles. The first-order valence-electron chi connectivity index (χ1n) is 12.7. The van der Waals surface area contributed by atoms with Gasteiger partial charge >= 0.3 is 0 Å². The molecule has 3 aromatic rings. The van der Waals surface area contributed by atoms with Crippen molar-refractivity contribution in [2.45, 2.75) is 52.7 Å². The van der Waals surface area contributed by atoms with Gasteiger partial charge in [-0.2, -0.15) is 0 Å². The zero-order valence-electron chi connectivity index (χ0n) is 21.8. The number of methoxy groups -OCH3 is 1. The number of halogens is 1. The van der Waals surface area contributed by atoms with E-state index in [1.807, 2.05) is 60.4 Å². The predicted molar refractivity (Wildman–Crippen MR) is 148 cm³/mol. The molecule has 0 saturated heterocycles. The Morgan fingerprint density at radius 3 is 2.25 bits per heavy atom. The Labute approximate surface area is 219 Å². The molecule has 1 amide bonds. The van der Waals surface area contributed by atoms with E-state index in [4.69, 9.17) is 21.1 Å². The number of amides is 1. The molecular formula is C30H35ClN2O3. The van der Waals surface area contributed by atoms with Gasteiger partial charge in [0.05, 0.1) is 25.7 Å². The fourth-order valence-corrected chi connectivity index (χ4v) is 4.91. The Morgan fingerprint density at radius 2 is 1.67 bits per heavy atom. The van der Waals surface area contributed by atoms with Crippen LogP contribution in [-0.2, 0) is 11.2 Å². The highest BCUT2D eigenvalue weighted by Gasteiger charge is 2.36. The van der Waals surface area contributed by atoms with Crippen molar-refractivity contribution >= 4 is 28.9 Å². The highest BCUT2D eigenvalue weighted by molar-refractivity contribution is 6.30. The van der Waals surface area contributed by atoms with Gasteiger partial charge in [0.2, 0.25) is 5.91 Å². The lowest BCUT2D eigenvalue weighted by Gasteiger charge is -2.38. The summed E-state index contributed by atoms with van der Waals surface area (Å²) in [6, 6.07) is 19.7. The lowest BCUT2D eigenvalue weighted by Crippen LogP contribution is -2.41. The van der Waals surface area contributed by atoms with Gasteiger partial charge in [-0.1, -0.05) is 30.7 Å². The molecular weight excluding hydrogens is 472 g/mol. The number of fused-ring (bicyclic) bond motifs is 1. The summed E-state index contributed by atoms with van der Waals surface area (Å²) in [5.74, 6) is 1.38. The number of hydrogen-bond acceptors (Lipinski definition) is 4. The van der Waals surface area contributed by atoms with Crippen LogP contribution in [0.2, 0.25) is 5.02 Å². The number of anilines is 2. The summed E-state index contributed by atoms with van der Waals surface area (Å²) >= 11 is 6.22. The fraction of sp³-hybridized carbons (Fsp3) is 0.367. The lowest BCUT2D eigenvalue weighted by atomic mass is 9.86. The van der Waals surface area contributed by atoms with E-state index in [0.717, 1.165) is 47.6 Å². The molecule has 2 atom stereocenters. The van der Waals surface area contributed by atoms with Crippen molar-refractivity contribution in [1.29, 1.82) is 0 Å². The van der Waals surface area contributed by atoms with E-state index < -0.39 is 0 Å². The second-order valence-corrected chi connectivity index (χ2v) is 9.56. The van der Waals surface area contributed by atoms with Gasteiger partial charge in [0, 0.05) is 29.5 Å². The van der Waals surface area contributed by atoms with Gasteiger partial charge in [-0.05, 0) is 92.4 Å². The topological polar surface area (TPSA) is 42.0 Å². The van der Waals surface area contributed by atoms with Crippen molar-refractivity contribution in [2.24, 2.45) is 0 Å². The van der Waals surface area contributed by atoms with E-state index in [1.54, 1.807) is 7.11 Å². The Bertz CT molecular complexity index is 1190. The molecule has 0 fully saturated rings. The molecule has 0 bridgehead atoms. The van der Waals surface area contributed by atoms with Gasteiger partial charge in [0.15, 0.2) is 11.5 Å². The van der Waals surface area contributed by atoms with E-state index in [-0.39, 0.29) is 24.5 Å². The molecule has 0 N–H and O–H groups in total. The SMILES string of the molecule is CCC(C)Oc1cc2c(cc1OC)CC(=O)N(c1ccc(N(CC)CC)cc1)C2c1ccc(Cl)cc1. The molecule has 0 aromatic heterocycles. The van der Waals surface area contributed by atoms with Crippen molar-refractivity contribution < 1.29 is 14.3 Å². The molecule has 6 heteroatoms. The summed E-state index contributed by atoms with van der Waals surface area (Å²) in [6.45, 7) is 10.3. The summed E-state index contributed by atoms with van der Waals surface area (Å²) in [5.41, 5.74) is 4.97. The second-order valence-electron chi connectivity index (χ2n) is 9.12. The highest BCUT2D eigenvalue weighted by atomic mass is 35.5. The quantitative estimate of drug-likeness (QED) is 0.312. The highest BCUT2D eigenvalue weighted by Crippen LogP contribution is 2.44. The third-order valence-electron chi connectivity index (χ3n) is 6.93. The van der Waals surface area contributed by atoms with Crippen LogP contribution in [0, 0.1) is 0 Å². The Morgan fingerprint density at radius 1 is 1.00 bits per heavy atom. The minimum absolute atomic E-state index is 0.0377. The minimum atomic E-state index is -0.317. The van der Waals surface area contributed by atoms with Crippen molar-refractivity contribution in [3.63, 3.8) is 0 Å². The van der Waals surface area contributed by atoms with Crippen LogP contribution in [-0.4, -0.2) is 32.2 Å². The van der Waals surface area contributed by atoms with Crippen LogP contribution in [0.5, 0.6) is 11.5 Å². The first-order chi connectivity index (χ1) is 17.4. The first-order valence-corrected chi connectivity index (χ1v) is 13.1. The Hall–Kier alpha value is -3.18. The second kappa shape index (κ2) is 11.3. The summed E-state index contributed by atoms with van der Waals surface area (Å²) in [4.78, 5) is 17.9. The maximum absolute atomic E-state index is 13.7. The van der Waals surface area contributed by atoms with E-state index in [9.17, 15) is 4.79 Å². The van der Waals surface area contributed by atoms with Crippen molar-refractivity contribution in [3.05, 3.63) is 82.4 Å². The molecule has 2 unspecified atom stereocenters. The zero-order valence-corrected chi connectivity index (χ0v) is 22.5. The number of carbonyl (C=O) groups excluding carboxylic acids is 1. The lowest BCUT2D eigenvalue weighted by molar-refractivity contribution is -0.118. The summed E-state index contributed by atoms with van der Waals surface area (Å²) in [6.07, 6.45) is 1.21. The zero-order chi connectivity index (χ0) is 25.8. The molecule has 0 radical (unpaired) electrons. The Kier molecular flexibility index (Phi) is 8.10. The number of carbonyl (C=O) groups is 1. The van der Waals surface area contributed by atoms with Crippen molar-refractivity contribution in [3.8, 4) is 11.5 Å². The monoisotopic (exact) mass is 506 g/mol. The maximum Gasteiger partial charge on any atom is 0.232 e. The minimum Gasteiger partial charge on any atom is -0.493 e. The molecule has 0 spiro atoms. The van der Waals surface area contributed by atoms with Gasteiger partial charge in [-0.15, -0.1) is 0 Å². The van der Waals surface area contributed by atoms with E-state index in [2.05, 4.69) is 37.8 Å². The van der Waals surface area contributed by atoms with Gasteiger partial charge in [0.25, 0.3) is 0 Å². The van der Waals surface area contributed by atoms with Crippen LogP contribution < -0.4 is 19.3 Å². The van der Waals surface area contributed by atoms with E-state index in [0.29, 0.717) is 16.5 Å². The molecule has 4 rings (SSSR count).